The van der Waals surface area contributed by atoms with Crippen molar-refractivity contribution in [1.29, 1.82) is 0 Å². The molecular formula is C24H40O3. The van der Waals surface area contributed by atoms with Crippen molar-refractivity contribution in [3.8, 4) is 0 Å². The largest absolute Gasteiger partial charge is 0.347 e. The minimum atomic E-state index is -0.370. The smallest absolute Gasteiger partial charge is 0.181 e. The fourth-order valence-corrected chi connectivity index (χ4v) is 4.24. The average molecular weight is 377 g/mol. The molecule has 27 heavy (non-hydrogen) atoms. The molecule has 0 radical (unpaired) electrons. The zero-order valence-electron chi connectivity index (χ0n) is 17.9. The van der Waals surface area contributed by atoms with E-state index in [9.17, 15) is 4.79 Å². The molecule has 154 valence electrons. The van der Waals surface area contributed by atoms with Gasteiger partial charge in [0.15, 0.2) is 11.6 Å². The van der Waals surface area contributed by atoms with E-state index in [0.29, 0.717) is 6.61 Å². The van der Waals surface area contributed by atoms with E-state index in [0.717, 1.165) is 56.9 Å². The molecule has 1 fully saturated rings. The Kier molecular flexibility index (Phi) is 9.78. The second-order valence-corrected chi connectivity index (χ2v) is 8.11. The van der Waals surface area contributed by atoms with Crippen molar-refractivity contribution in [2.24, 2.45) is 0 Å². The first-order valence-electron chi connectivity index (χ1n) is 11.4. The second-order valence-electron chi connectivity index (χ2n) is 8.11. The van der Waals surface area contributed by atoms with Gasteiger partial charge >= 0.3 is 0 Å². The Morgan fingerprint density at radius 1 is 1.11 bits per heavy atom. The summed E-state index contributed by atoms with van der Waals surface area (Å²) in [6, 6.07) is 0. The summed E-state index contributed by atoms with van der Waals surface area (Å²) in [4.78, 5) is 12.7. The highest BCUT2D eigenvalue weighted by atomic mass is 16.7. The summed E-state index contributed by atoms with van der Waals surface area (Å²) in [6.07, 6.45) is 18.2. The predicted molar refractivity (Wildman–Crippen MR) is 112 cm³/mol. The van der Waals surface area contributed by atoms with E-state index >= 15 is 0 Å². The molecule has 0 N–H and O–H groups in total. The van der Waals surface area contributed by atoms with Crippen LogP contribution in [0.3, 0.4) is 0 Å². The Labute approximate surface area is 166 Å². The quantitative estimate of drug-likeness (QED) is 0.282. The summed E-state index contributed by atoms with van der Waals surface area (Å²) < 4.78 is 12.1. The van der Waals surface area contributed by atoms with Gasteiger partial charge in [0.2, 0.25) is 0 Å². The van der Waals surface area contributed by atoms with Crippen molar-refractivity contribution in [3.63, 3.8) is 0 Å². The monoisotopic (exact) mass is 376 g/mol. The van der Waals surface area contributed by atoms with Crippen molar-refractivity contribution in [3.05, 3.63) is 23.3 Å². The van der Waals surface area contributed by atoms with Crippen molar-refractivity contribution in [2.75, 3.05) is 6.61 Å². The van der Waals surface area contributed by atoms with Crippen LogP contribution < -0.4 is 0 Å². The van der Waals surface area contributed by atoms with Gasteiger partial charge in [0.25, 0.3) is 0 Å². The van der Waals surface area contributed by atoms with E-state index in [-0.39, 0.29) is 17.7 Å². The standard InChI is InChI=1S/C24H40O3/c1-4-7-8-9-10-11-16-23(25)22-15-13-12-14-20(22)17-18-21-19-26-24(5-2,6-3)27-21/h11,16,21H,4-10,12-15,17-19H2,1-3H3/b16-11+/t21-/m0/s1. The Bertz CT molecular complexity index is 514. The number of ether oxygens (including phenoxy) is 2. The van der Waals surface area contributed by atoms with Crippen molar-refractivity contribution in [2.45, 2.75) is 116 Å². The number of unbranched alkanes of at least 4 members (excludes halogenated alkanes) is 4. The van der Waals surface area contributed by atoms with Gasteiger partial charge in [-0.3, -0.25) is 4.79 Å². The summed E-state index contributed by atoms with van der Waals surface area (Å²) in [5, 5.41) is 0. The van der Waals surface area contributed by atoms with E-state index in [2.05, 4.69) is 26.8 Å². The minimum absolute atomic E-state index is 0.171. The van der Waals surface area contributed by atoms with E-state index in [1.54, 1.807) is 0 Å². The van der Waals surface area contributed by atoms with Crippen LogP contribution in [0.15, 0.2) is 23.3 Å². The van der Waals surface area contributed by atoms with Crippen LogP contribution in [0.4, 0.5) is 0 Å². The number of ketones is 1. The molecule has 1 aliphatic heterocycles. The molecule has 1 aliphatic carbocycles. The summed E-state index contributed by atoms with van der Waals surface area (Å²) >= 11 is 0. The van der Waals surface area contributed by atoms with Gasteiger partial charge in [-0.05, 0) is 75.9 Å². The molecular weight excluding hydrogens is 336 g/mol. The maximum Gasteiger partial charge on any atom is 0.181 e. The lowest BCUT2D eigenvalue weighted by Crippen LogP contribution is -2.28. The SMILES string of the molecule is CCCCCC/C=C/C(=O)C1=C(CC[C@H]2COC(CC)(CC)O2)CCCC1. The fourth-order valence-electron chi connectivity index (χ4n) is 4.24. The molecule has 0 aromatic heterocycles. The van der Waals surface area contributed by atoms with Crippen molar-refractivity contribution >= 4 is 5.78 Å². The molecule has 0 aromatic rings. The maximum atomic E-state index is 12.7. The summed E-state index contributed by atoms with van der Waals surface area (Å²) in [5.74, 6) is -0.120. The lowest BCUT2D eigenvalue weighted by atomic mass is 9.86. The lowest BCUT2D eigenvalue weighted by molar-refractivity contribution is -0.172. The fraction of sp³-hybridized carbons (Fsp3) is 0.792. The zero-order valence-corrected chi connectivity index (χ0v) is 17.9. The molecule has 1 saturated heterocycles. The van der Waals surface area contributed by atoms with Gasteiger partial charge in [-0.1, -0.05) is 51.7 Å². The summed E-state index contributed by atoms with van der Waals surface area (Å²) in [7, 11) is 0. The molecule has 0 amide bonds. The van der Waals surface area contributed by atoms with Gasteiger partial charge < -0.3 is 9.47 Å². The van der Waals surface area contributed by atoms with Crippen LogP contribution in [0.25, 0.3) is 0 Å². The van der Waals surface area contributed by atoms with Gasteiger partial charge in [-0.2, -0.15) is 0 Å². The van der Waals surface area contributed by atoms with Crippen molar-refractivity contribution in [1.82, 2.24) is 0 Å². The lowest BCUT2D eigenvalue weighted by Gasteiger charge is -2.25. The molecule has 0 spiro atoms. The van der Waals surface area contributed by atoms with Crippen LogP contribution in [0.2, 0.25) is 0 Å². The number of carbonyl (C=O) groups excluding carboxylic acids is 1. The van der Waals surface area contributed by atoms with Crippen LogP contribution in [0.5, 0.6) is 0 Å². The average Bonchev–Trinajstić information content (AvgIpc) is 3.13. The second kappa shape index (κ2) is 11.8. The molecule has 1 heterocycles. The zero-order chi connectivity index (χ0) is 19.5. The highest BCUT2D eigenvalue weighted by Gasteiger charge is 2.38. The van der Waals surface area contributed by atoms with Crippen LogP contribution in [0.1, 0.15) is 104 Å². The molecule has 0 aromatic carbocycles. The molecule has 2 aliphatic rings. The normalized spacial score (nSPS) is 22.7. The summed E-state index contributed by atoms with van der Waals surface area (Å²) in [6.45, 7) is 7.17. The third-order valence-electron chi connectivity index (χ3n) is 6.13. The van der Waals surface area contributed by atoms with E-state index in [1.165, 1.54) is 37.7 Å². The van der Waals surface area contributed by atoms with Gasteiger partial charge in [-0.25, -0.2) is 0 Å². The molecule has 0 bridgehead atoms. The van der Waals surface area contributed by atoms with E-state index in [4.69, 9.17) is 9.47 Å². The van der Waals surface area contributed by atoms with Crippen LogP contribution in [-0.2, 0) is 14.3 Å². The first-order chi connectivity index (χ1) is 13.1. The van der Waals surface area contributed by atoms with E-state index < -0.39 is 0 Å². The Hall–Kier alpha value is -0.930. The van der Waals surface area contributed by atoms with Gasteiger partial charge in [0, 0.05) is 0 Å². The number of allylic oxidation sites excluding steroid dienone is 4. The number of hydrogen-bond acceptors (Lipinski definition) is 3. The molecule has 1 atom stereocenters. The number of carbonyl (C=O) groups is 1. The van der Waals surface area contributed by atoms with Crippen LogP contribution in [-0.4, -0.2) is 24.3 Å². The molecule has 0 unspecified atom stereocenters. The Morgan fingerprint density at radius 2 is 1.89 bits per heavy atom. The molecule has 3 nitrogen and oxygen atoms in total. The minimum Gasteiger partial charge on any atom is -0.347 e. The van der Waals surface area contributed by atoms with Gasteiger partial charge in [0.05, 0.1) is 12.7 Å². The predicted octanol–water partition coefficient (Wildman–Crippen LogP) is 6.66. The number of hydrogen-bond donors (Lipinski definition) is 0. The van der Waals surface area contributed by atoms with Crippen LogP contribution >= 0.6 is 0 Å². The molecule has 3 heteroatoms. The Balaban J connectivity index is 1.86. The first-order valence-corrected chi connectivity index (χ1v) is 11.4. The highest BCUT2D eigenvalue weighted by molar-refractivity contribution is 6.04. The van der Waals surface area contributed by atoms with E-state index in [1.807, 2.05) is 6.08 Å². The van der Waals surface area contributed by atoms with Gasteiger partial charge in [-0.15, -0.1) is 0 Å². The summed E-state index contributed by atoms with van der Waals surface area (Å²) in [5.41, 5.74) is 2.46. The molecule has 0 saturated carbocycles. The van der Waals surface area contributed by atoms with Gasteiger partial charge in [0.1, 0.15) is 0 Å². The third kappa shape index (κ3) is 6.87. The highest BCUT2D eigenvalue weighted by Crippen LogP contribution is 2.34. The maximum absolute atomic E-state index is 12.7. The third-order valence-corrected chi connectivity index (χ3v) is 6.13. The topological polar surface area (TPSA) is 35.5 Å². The van der Waals surface area contributed by atoms with Crippen molar-refractivity contribution < 1.29 is 14.3 Å². The van der Waals surface area contributed by atoms with Crippen LogP contribution in [0, 0.1) is 0 Å². The first kappa shape index (κ1) is 22.4. The molecule has 2 rings (SSSR count). The number of rotatable bonds is 12. The Morgan fingerprint density at radius 3 is 2.59 bits per heavy atom.